The maximum atomic E-state index is 14.6. The molecule has 3 aliphatic rings. The van der Waals surface area contributed by atoms with E-state index in [0.29, 0.717) is 72.8 Å². The van der Waals surface area contributed by atoms with E-state index in [1.807, 2.05) is 68.4 Å². The van der Waals surface area contributed by atoms with Crippen LogP contribution in [-0.4, -0.2) is 97.9 Å². The number of hydrogen-bond acceptors (Lipinski definition) is 14. The summed E-state index contributed by atoms with van der Waals surface area (Å²) in [6, 6.07) is 22.9. The van der Waals surface area contributed by atoms with E-state index in [4.69, 9.17) is 30.8 Å². The fourth-order valence-corrected chi connectivity index (χ4v) is 13.0. The van der Waals surface area contributed by atoms with Crippen LogP contribution in [-0.2, 0) is 37.9 Å². The van der Waals surface area contributed by atoms with Crippen molar-refractivity contribution in [1.29, 1.82) is 0 Å². The van der Waals surface area contributed by atoms with Crippen molar-refractivity contribution in [3.63, 3.8) is 0 Å². The molecule has 4 aromatic carbocycles. The highest BCUT2D eigenvalue weighted by molar-refractivity contribution is 7.89. The number of aryl methyl sites for hydroxylation is 2. The van der Waals surface area contributed by atoms with Gasteiger partial charge in [0.2, 0.25) is 10.0 Å². The van der Waals surface area contributed by atoms with E-state index in [1.165, 1.54) is 29.9 Å². The van der Waals surface area contributed by atoms with Crippen molar-refractivity contribution in [2.24, 2.45) is 18.0 Å². The first kappa shape index (κ1) is 47.9. The molecule has 4 unspecified atom stereocenters. The predicted octanol–water partition coefficient (Wildman–Crippen LogP) is 8.38. The molecule has 0 amide bonds. The second-order valence-electron chi connectivity index (χ2n) is 18.3. The van der Waals surface area contributed by atoms with Gasteiger partial charge in [-0.2, -0.15) is 4.31 Å². The molecule has 1 aliphatic carbocycles. The van der Waals surface area contributed by atoms with Gasteiger partial charge in [0.05, 0.1) is 44.2 Å². The van der Waals surface area contributed by atoms with Crippen molar-refractivity contribution in [1.82, 2.24) is 34.1 Å². The topological polar surface area (TPSA) is 210 Å². The Hall–Kier alpha value is -6.80. The Bertz CT molecular complexity index is 3400. The molecule has 0 saturated heterocycles. The summed E-state index contributed by atoms with van der Waals surface area (Å²) in [6.45, 7) is 3.85. The lowest BCUT2D eigenvalue weighted by Crippen LogP contribution is -2.35. The normalized spacial score (nSPS) is 19.9. The van der Waals surface area contributed by atoms with Crippen LogP contribution >= 0.6 is 22.9 Å². The zero-order chi connectivity index (χ0) is 49.9. The molecule has 7 aromatic rings. The van der Waals surface area contributed by atoms with E-state index in [1.54, 1.807) is 46.9 Å². The van der Waals surface area contributed by atoms with E-state index in [9.17, 15) is 27.9 Å². The Labute approximate surface area is 418 Å². The second kappa shape index (κ2) is 19.1. The number of benzene rings is 4. The van der Waals surface area contributed by atoms with Gasteiger partial charge in [0.15, 0.2) is 11.6 Å². The summed E-state index contributed by atoms with van der Waals surface area (Å²) in [5.41, 5.74) is 7.14. The fourth-order valence-electron chi connectivity index (χ4n) is 10.1. The summed E-state index contributed by atoms with van der Waals surface area (Å²) < 4.78 is 51.1. The maximum Gasteiger partial charge on any atom is 0.308 e. The molecule has 20 heteroatoms. The molecule has 17 nitrogen and oxygen atoms in total. The molecule has 3 aromatic heterocycles. The summed E-state index contributed by atoms with van der Waals surface area (Å²) in [5.74, 6) is -1.14. The number of carboxylic acid groups (broad SMARTS) is 1. The third-order valence-electron chi connectivity index (χ3n) is 13.8. The monoisotopic (exact) mass is 1020 g/mol. The lowest BCUT2D eigenvalue weighted by molar-refractivity contribution is -0.141. The van der Waals surface area contributed by atoms with Gasteiger partial charge in [0, 0.05) is 41.6 Å². The third-order valence-corrected chi connectivity index (χ3v) is 17.0. The quantitative estimate of drug-likeness (QED) is 0.0851. The average Bonchev–Trinajstić information content (AvgIpc) is 4.18. The molecular weight excluding hydrogens is 968 g/mol. The Morgan fingerprint density at radius 3 is 2.55 bits per heavy atom. The first-order valence-corrected chi connectivity index (χ1v) is 25.7. The van der Waals surface area contributed by atoms with E-state index in [2.05, 4.69) is 20.5 Å². The van der Waals surface area contributed by atoms with Gasteiger partial charge in [-0.05, 0) is 109 Å². The van der Waals surface area contributed by atoms with Crippen molar-refractivity contribution < 1.29 is 42.1 Å². The summed E-state index contributed by atoms with van der Waals surface area (Å²) in [7, 11) is 0.534. The number of aliphatic imine (C=N–C) groups is 1. The average molecular weight is 1020 g/mol. The Morgan fingerprint density at radius 2 is 1.79 bits per heavy atom. The van der Waals surface area contributed by atoms with E-state index < -0.39 is 40.0 Å². The van der Waals surface area contributed by atoms with Crippen LogP contribution in [0.1, 0.15) is 111 Å². The number of carbonyl (C=O) groups is 3. The van der Waals surface area contributed by atoms with Crippen LogP contribution in [0.15, 0.2) is 95.1 Å². The number of rotatable bonds is 13. The summed E-state index contributed by atoms with van der Waals surface area (Å²) in [4.78, 5) is 44.9. The van der Waals surface area contributed by atoms with Gasteiger partial charge in [-0.1, -0.05) is 53.2 Å². The van der Waals surface area contributed by atoms with Crippen molar-refractivity contribution in [3.8, 4) is 16.5 Å². The number of Topliss-reactive ketones (excluding diaryl/α,β-unsaturated/α-hetero) is 1. The number of aromatic nitrogens is 6. The van der Waals surface area contributed by atoms with Crippen molar-refractivity contribution >= 4 is 67.4 Å². The molecule has 1 saturated carbocycles. The number of carbonyl (C=O) groups excluding carboxylic acids is 2. The number of nitrogens with zero attached hydrogens (tertiary/aromatic N) is 8. The number of ether oxygens (including phenoxy) is 3. The molecule has 0 spiro atoms. The predicted molar refractivity (Wildman–Crippen MR) is 265 cm³/mol. The summed E-state index contributed by atoms with van der Waals surface area (Å²) in [5, 5.41) is 28.2. The lowest BCUT2D eigenvalue weighted by atomic mass is 9.86. The van der Waals surface area contributed by atoms with Crippen molar-refractivity contribution in [2.45, 2.75) is 81.4 Å². The number of sulfonamides is 1. The molecule has 5 atom stereocenters. The largest absolute Gasteiger partial charge is 0.494 e. The highest BCUT2D eigenvalue weighted by atomic mass is 35.5. The molecular formula is C51H49ClN8O9S2. The van der Waals surface area contributed by atoms with Crippen molar-refractivity contribution in [2.75, 3.05) is 20.8 Å². The highest BCUT2D eigenvalue weighted by Crippen LogP contribution is 2.45. The number of ketones is 1. The number of thiophene rings is 1. The fraction of sp³-hybridized carbons (Fsp3) is 0.333. The summed E-state index contributed by atoms with van der Waals surface area (Å²) in [6.07, 6.45) is 2.69. The Kier molecular flexibility index (Phi) is 12.9. The Morgan fingerprint density at radius 1 is 0.986 bits per heavy atom. The zero-order valence-corrected chi connectivity index (χ0v) is 41.8. The second-order valence-corrected chi connectivity index (χ2v) is 21.7. The number of halogens is 1. The van der Waals surface area contributed by atoms with Crippen LogP contribution in [0.3, 0.4) is 0 Å². The SMILES string of the molecule is COC(=O)C[C@@H]1N=C(c2ccc(Cl)cc2)c2cc(C(=O)C3CCC(c4ccc5c(c4)OC(C)CN(Cc4cc(C(CC(=O)O)c6cc(OC)c7c(c6)nnn7C)ccc4C)S5(=O)=O)C3)sc2-n2cnnc21. The molecule has 1 fully saturated rings. The van der Waals surface area contributed by atoms with Gasteiger partial charge >= 0.3 is 11.9 Å². The zero-order valence-electron chi connectivity index (χ0n) is 39.4. The van der Waals surface area contributed by atoms with Crippen LogP contribution in [0.5, 0.6) is 11.5 Å². The molecule has 366 valence electrons. The highest BCUT2D eigenvalue weighted by Gasteiger charge is 2.38. The van der Waals surface area contributed by atoms with Gasteiger partial charge in [-0.25, -0.2) is 13.1 Å². The standard InChI is InChI=1S/C51H49ClN8O9S2/c1-27-6-7-32(37(22-45(61)62)34-18-39-48(42(20-34)67-4)58(3)57-55-39)17-35(27)25-59-24-28(2)69-41-19-31(12-15-44(41)71(59,65)66)30-8-9-33(16-30)49(64)43-21-38-47(29-10-13-36(52)14-11-29)54-40(23-46(63)68-5)50-56-53-26-60(50)51(38)70-43/h6-7,10-15,17-21,26,28,30,33,37,40H,8-9,16,22-25H2,1-5H3,(H,61,62)/t28?,30?,33?,37?,40-/m0/s1. The Balaban J connectivity index is 0.893. The van der Waals surface area contributed by atoms with Gasteiger partial charge in [0.1, 0.15) is 50.9 Å². The molecule has 10 rings (SSSR count). The number of methoxy groups -OCH3 is 2. The van der Waals surface area contributed by atoms with Gasteiger partial charge in [-0.15, -0.1) is 26.6 Å². The number of esters is 1. The van der Waals surface area contributed by atoms with Crippen LogP contribution < -0.4 is 9.47 Å². The van der Waals surface area contributed by atoms with Gasteiger partial charge < -0.3 is 19.3 Å². The lowest BCUT2D eigenvalue weighted by Gasteiger charge is -2.24. The molecule has 71 heavy (non-hydrogen) atoms. The van der Waals surface area contributed by atoms with E-state index >= 15 is 0 Å². The third kappa shape index (κ3) is 9.11. The van der Waals surface area contributed by atoms with Crippen LogP contribution in [0.2, 0.25) is 5.02 Å². The first-order chi connectivity index (χ1) is 34.1. The number of fused-ring (bicyclic) bond motifs is 5. The molecule has 2 aliphatic heterocycles. The van der Waals surface area contributed by atoms with E-state index in [-0.39, 0.29) is 54.2 Å². The summed E-state index contributed by atoms with van der Waals surface area (Å²) >= 11 is 7.59. The van der Waals surface area contributed by atoms with Crippen molar-refractivity contribution in [3.05, 3.63) is 140 Å². The number of hydrogen-bond donors (Lipinski definition) is 1. The van der Waals surface area contributed by atoms with Crippen LogP contribution in [0.4, 0.5) is 0 Å². The number of aliphatic carboxylic acids is 1. The van der Waals surface area contributed by atoms with E-state index in [0.717, 1.165) is 28.7 Å². The molecule has 1 N–H and O–H groups in total. The maximum absolute atomic E-state index is 14.6. The van der Waals surface area contributed by atoms with Crippen LogP contribution in [0.25, 0.3) is 16.0 Å². The number of carboxylic acids is 1. The molecule has 5 heterocycles. The molecule has 0 radical (unpaired) electrons. The van der Waals surface area contributed by atoms with Gasteiger partial charge in [0.25, 0.3) is 0 Å². The minimum absolute atomic E-state index is 0.000409. The van der Waals surface area contributed by atoms with Gasteiger partial charge in [-0.3, -0.25) is 23.9 Å². The van der Waals surface area contributed by atoms with Crippen LogP contribution in [0, 0.1) is 12.8 Å². The smallest absolute Gasteiger partial charge is 0.308 e. The molecule has 0 bridgehead atoms. The minimum Gasteiger partial charge on any atom is -0.494 e. The minimum atomic E-state index is -4.08. The first-order valence-electron chi connectivity index (χ1n) is 23.1.